The van der Waals surface area contributed by atoms with E-state index in [-0.39, 0.29) is 26.2 Å². The number of nitrogens with one attached hydrogen (secondary N) is 2. The molecule has 0 unspecified atom stereocenters. The van der Waals surface area contributed by atoms with Crippen LogP contribution in [0, 0.1) is 6.92 Å². The second-order valence-corrected chi connectivity index (χ2v) is 10.7. The number of rotatable bonds is 7. The van der Waals surface area contributed by atoms with Crippen LogP contribution in [0.15, 0.2) is 89.8 Å². The van der Waals surface area contributed by atoms with Gasteiger partial charge in [0.05, 0.1) is 21.2 Å². The van der Waals surface area contributed by atoms with Crippen LogP contribution in [-0.2, 0) is 10.0 Å². The summed E-state index contributed by atoms with van der Waals surface area (Å²) in [5.74, 6) is 0.343. The van der Waals surface area contributed by atoms with Gasteiger partial charge >= 0.3 is 0 Å². The topological polar surface area (TPSA) is 84.5 Å². The predicted molar refractivity (Wildman–Crippen MR) is 144 cm³/mol. The van der Waals surface area contributed by atoms with Gasteiger partial charge in [0, 0.05) is 15.7 Å². The molecule has 4 aromatic carbocycles. The lowest BCUT2D eigenvalue weighted by molar-refractivity contribution is 0.102. The third-order valence-electron chi connectivity index (χ3n) is 5.03. The van der Waals surface area contributed by atoms with E-state index in [1.54, 1.807) is 48.5 Å². The maximum Gasteiger partial charge on any atom is 0.261 e. The summed E-state index contributed by atoms with van der Waals surface area (Å²) in [6, 6.07) is 22.2. The number of ether oxygens (including phenoxy) is 1. The maximum atomic E-state index is 13.1. The first-order valence-electron chi connectivity index (χ1n) is 10.5. The first-order valence-corrected chi connectivity index (χ1v) is 13.2. The monoisotopic (exact) mass is 560 g/mol. The number of benzene rings is 4. The summed E-state index contributed by atoms with van der Waals surface area (Å²) in [6.45, 7) is 1.86. The summed E-state index contributed by atoms with van der Waals surface area (Å²) in [6.07, 6.45) is 0. The van der Waals surface area contributed by atoms with Gasteiger partial charge in [0.25, 0.3) is 15.9 Å². The van der Waals surface area contributed by atoms with Gasteiger partial charge in [-0.2, -0.15) is 0 Å². The molecule has 0 aliphatic heterocycles. The molecule has 0 saturated heterocycles. The molecule has 0 aliphatic rings. The Balaban J connectivity index is 1.54. The normalized spacial score (nSPS) is 11.1. The number of hydrogen-bond donors (Lipinski definition) is 2. The van der Waals surface area contributed by atoms with Crippen LogP contribution in [0.25, 0.3) is 0 Å². The number of carbonyl (C=O) groups is 1. The molecule has 0 fully saturated rings. The molecule has 184 valence electrons. The number of halogens is 3. The van der Waals surface area contributed by atoms with E-state index in [1.807, 2.05) is 6.92 Å². The van der Waals surface area contributed by atoms with E-state index >= 15 is 0 Å². The van der Waals surface area contributed by atoms with Gasteiger partial charge in [-0.25, -0.2) is 8.42 Å². The lowest BCUT2D eigenvalue weighted by Crippen LogP contribution is -2.18. The Bertz CT molecular complexity index is 1520. The van der Waals surface area contributed by atoms with Crippen molar-refractivity contribution in [3.05, 3.63) is 111 Å². The van der Waals surface area contributed by atoms with Crippen molar-refractivity contribution >= 4 is 62.1 Å². The number of carbonyl (C=O) groups excluding carboxylic acids is 1. The number of aryl methyl sites for hydroxylation is 1. The highest BCUT2D eigenvalue weighted by Crippen LogP contribution is 2.33. The highest BCUT2D eigenvalue weighted by atomic mass is 35.5. The molecule has 4 rings (SSSR count). The zero-order valence-corrected chi connectivity index (χ0v) is 21.8. The maximum absolute atomic E-state index is 13.1. The molecule has 36 heavy (non-hydrogen) atoms. The number of anilines is 2. The van der Waals surface area contributed by atoms with Gasteiger partial charge < -0.3 is 10.1 Å². The van der Waals surface area contributed by atoms with E-state index in [0.717, 1.165) is 5.56 Å². The Morgan fingerprint density at radius 1 is 0.806 bits per heavy atom. The minimum absolute atomic E-state index is 0.0378. The SMILES string of the molecule is Cc1ccc(S(=O)(=O)Nc2ccc(Cl)cc2C(=O)Nc2ccc(Oc3ccc(Cl)cc3)c(Cl)c2)cc1. The van der Waals surface area contributed by atoms with Crippen molar-refractivity contribution in [1.29, 1.82) is 0 Å². The molecule has 2 N–H and O–H groups in total. The van der Waals surface area contributed by atoms with E-state index in [0.29, 0.717) is 22.2 Å². The van der Waals surface area contributed by atoms with Crippen LogP contribution in [0.3, 0.4) is 0 Å². The van der Waals surface area contributed by atoms with Gasteiger partial charge in [-0.05, 0) is 79.7 Å². The van der Waals surface area contributed by atoms with Crippen LogP contribution >= 0.6 is 34.8 Å². The fraction of sp³-hybridized carbons (Fsp3) is 0.0385. The molecule has 4 aromatic rings. The minimum Gasteiger partial charge on any atom is -0.456 e. The Labute approximate surface area is 223 Å². The second-order valence-electron chi connectivity index (χ2n) is 7.76. The Morgan fingerprint density at radius 2 is 1.47 bits per heavy atom. The number of sulfonamides is 1. The lowest BCUT2D eigenvalue weighted by atomic mass is 10.1. The second kappa shape index (κ2) is 10.8. The molecule has 0 heterocycles. The van der Waals surface area contributed by atoms with Crippen molar-refractivity contribution in [3.63, 3.8) is 0 Å². The van der Waals surface area contributed by atoms with Crippen molar-refractivity contribution in [2.24, 2.45) is 0 Å². The zero-order chi connectivity index (χ0) is 25.9. The van der Waals surface area contributed by atoms with Gasteiger partial charge in [0.2, 0.25) is 0 Å². The summed E-state index contributed by atoms with van der Waals surface area (Å²) in [7, 11) is -3.94. The van der Waals surface area contributed by atoms with Crippen molar-refractivity contribution in [2.75, 3.05) is 10.0 Å². The van der Waals surface area contributed by atoms with Crippen LogP contribution in [0.1, 0.15) is 15.9 Å². The summed E-state index contributed by atoms with van der Waals surface area (Å²) >= 11 is 18.3. The molecular formula is C26H19Cl3N2O4S. The first kappa shape index (κ1) is 25.9. The van der Waals surface area contributed by atoms with Crippen LogP contribution in [0.2, 0.25) is 15.1 Å². The average molecular weight is 562 g/mol. The summed E-state index contributed by atoms with van der Waals surface area (Å²) in [4.78, 5) is 13.1. The lowest BCUT2D eigenvalue weighted by Gasteiger charge is -2.14. The van der Waals surface area contributed by atoms with E-state index in [1.165, 1.54) is 36.4 Å². The van der Waals surface area contributed by atoms with Gasteiger partial charge in [0.1, 0.15) is 11.5 Å². The minimum atomic E-state index is -3.94. The molecule has 0 aliphatic carbocycles. The van der Waals surface area contributed by atoms with Crippen LogP contribution < -0.4 is 14.8 Å². The number of hydrogen-bond acceptors (Lipinski definition) is 4. The average Bonchev–Trinajstić information content (AvgIpc) is 2.83. The molecule has 10 heteroatoms. The summed E-state index contributed by atoms with van der Waals surface area (Å²) in [5, 5.41) is 3.81. The van der Waals surface area contributed by atoms with E-state index in [9.17, 15) is 13.2 Å². The largest absolute Gasteiger partial charge is 0.456 e. The highest BCUT2D eigenvalue weighted by molar-refractivity contribution is 7.92. The van der Waals surface area contributed by atoms with Crippen LogP contribution in [-0.4, -0.2) is 14.3 Å². The molecule has 1 amide bonds. The number of amides is 1. The molecular weight excluding hydrogens is 543 g/mol. The smallest absolute Gasteiger partial charge is 0.261 e. The molecule has 0 spiro atoms. The molecule has 6 nitrogen and oxygen atoms in total. The van der Waals surface area contributed by atoms with Gasteiger partial charge in [-0.15, -0.1) is 0 Å². The fourth-order valence-corrected chi connectivity index (χ4v) is 4.80. The third-order valence-corrected chi connectivity index (χ3v) is 7.20. The van der Waals surface area contributed by atoms with Crippen LogP contribution in [0.4, 0.5) is 11.4 Å². The summed E-state index contributed by atoms with van der Waals surface area (Å²) in [5.41, 5.74) is 1.41. The molecule has 0 aromatic heterocycles. The quantitative estimate of drug-likeness (QED) is 0.241. The Kier molecular flexibility index (Phi) is 7.76. The Hall–Kier alpha value is -3.23. The first-order chi connectivity index (χ1) is 17.1. The van der Waals surface area contributed by atoms with Gasteiger partial charge in [-0.3, -0.25) is 9.52 Å². The summed E-state index contributed by atoms with van der Waals surface area (Å²) < 4.78 is 34.0. The van der Waals surface area contributed by atoms with E-state index in [4.69, 9.17) is 39.5 Å². The predicted octanol–water partition coefficient (Wildman–Crippen LogP) is 7.80. The molecule has 0 bridgehead atoms. The van der Waals surface area contributed by atoms with Crippen molar-refractivity contribution < 1.29 is 17.9 Å². The fourth-order valence-electron chi connectivity index (χ4n) is 3.20. The Morgan fingerprint density at radius 3 is 2.14 bits per heavy atom. The van der Waals surface area contributed by atoms with Crippen molar-refractivity contribution in [1.82, 2.24) is 0 Å². The van der Waals surface area contributed by atoms with Crippen LogP contribution in [0.5, 0.6) is 11.5 Å². The van der Waals surface area contributed by atoms with Gasteiger partial charge in [0.15, 0.2) is 0 Å². The standard InChI is InChI=1S/C26H19Cl3N2O4S/c1-16-2-10-21(11-3-16)36(33,34)31-24-12-6-18(28)14-22(24)26(32)30-19-7-13-25(23(29)15-19)35-20-8-4-17(27)5-9-20/h2-15,31H,1H3,(H,30,32). The zero-order valence-electron chi connectivity index (χ0n) is 18.8. The van der Waals surface area contributed by atoms with Crippen molar-refractivity contribution in [3.8, 4) is 11.5 Å². The molecule has 0 saturated carbocycles. The van der Waals surface area contributed by atoms with Crippen molar-refractivity contribution in [2.45, 2.75) is 11.8 Å². The van der Waals surface area contributed by atoms with E-state index in [2.05, 4.69) is 10.0 Å². The highest BCUT2D eigenvalue weighted by Gasteiger charge is 2.20. The molecule has 0 radical (unpaired) electrons. The third kappa shape index (κ3) is 6.30. The molecule has 0 atom stereocenters. The van der Waals surface area contributed by atoms with Gasteiger partial charge in [-0.1, -0.05) is 52.5 Å². The van der Waals surface area contributed by atoms with E-state index < -0.39 is 15.9 Å².